The van der Waals surface area contributed by atoms with Crippen LogP contribution in [-0.4, -0.2) is 29.0 Å². The molecule has 0 N–H and O–H groups in total. The maximum atomic E-state index is 11.9. The highest BCUT2D eigenvalue weighted by molar-refractivity contribution is 6.03. The normalized spacial score (nSPS) is 18.3. The summed E-state index contributed by atoms with van der Waals surface area (Å²) in [6, 6.07) is 0. The molecule has 1 unspecified atom stereocenters. The second-order valence-corrected chi connectivity index (χ2v) is 6.47. The highest BCUT2D eigenvalue weighted by Gasteiger charge is 2.36. The molecule has 0 aliphatic carbocycles. The van der Waals surface area contributed by atoms with Crippen LogP contribution in [0.4, 0.5) is 0 Å². The van der Waals surface area contributed by atoms with E-state index in [1.165, 1.54) is 30.6 Å². The van der Waals surface area contributed by atoms with E-state index in [0.29, 0.717) is 13.0 Å². The molecule has 0 radical (unpaired) electrons. The third-order valence-electron chi connectivity index (χ3n) is 4.49. The number of amides is 2. The number of Topliss-reactive ketones (excluding diaryl/α,β-unsaturated/α-hetero) is 1. The van der Waals surface area contributed by atoms with Crippen molar-refractivity contribution in [2.75, 3.05) is 6.54 Å². The van der Waals surface area contributed by atoms with Crippen molar-refractivity contribution in [2.45, 2.75) is 84.5 Å². The van der Waals surface area contributed by atoms with Gasteiger partial charge in [-0.2, -0.15) is 0 Å². The Balaban J connectivity index is 1.96. The molecule has 22 heavy (non-hydrogen) atoms. The van der Waals surface area contributed by atoms with Crippen LogP contribution in [0.5, 0.6) is 0 Å². The Morgan fingerprint density at radius 2 is 1.55 bits per heavy atom. The van der Waals surface area contributed by atoms with E-state index in [1.54, 1.807) is 6.92 Å². The zero-order valence-electron chi connectivity index (χ0n) is 14.2. The summed E-state index contributed by atoms with van der Waals surface area (Å²) in [4.78, 5) is 36.0. The summed E-state index contributed by atoms with van der Waals surface area (Å²) < 4.78 is 0. The van der Waals surface area contributed by atoms with Gasteiger partial charge in [-0.1, -0.05) is 45.4 Å². The minimum Gasteiger partial charge on any atom is -0.300 e. The third-order valence-corrected chi connectivity index (χ3v) is 4.49. The summed E-state index contributed by atoms with van der Waals surface area (Å²) in [5.41, 5.74) is 0. The second kappa shape index (κ2) is 10.5. The number of ketones is 1. The molecule has 1 fully saturated rings. The van der Waals surface area contributed by atoms with Gasteiger partial charge in [0, 0.05) is 25.3 Å². The maximum Gasteiger partial charge on any atom is 0.232 e. The van der Waals surface area contributed by atoms with E-state index < -0.39 is 0 Å². The summed E-state index contributed by atoms with van der Waals surface area (Å²) in [6.45, 7) is 4.22. The van der Waals surface area contributed by atoms with Crippen LogP contribution in [0.25, 0.3) is 0 Å². The Bertz CT molecular complexity index is 379. The van der Waals surface area contributed by atoms with E-state index in [4.69, 9.17) is 0 Å². The summed E-state index contributed by atoms with van der Waals surface area (Å²) in [5, 5.41) is 0. The molecular formula is C18H31NO3. The molecule has 1 rings (SSSR count). The predicted molar refractivity (Wildman–Crippen MR) is 87.4 cm³/mol. The fourth-order valence-electron chi connectivity index (χ4n) is 3.01. The van der Waals surface area contributed by atoms with E-state index in [1.807, 2.05) is 6.92 Å². The summed E-state index contributed by atoms with van der Waals surface area (Å²) in [6.07, 6.45) is 10.9. The molecule has 2 amide bonds. The van der Waals surface area contributed by atoms with Gasteiger partial charge in [-0.25, -0.2) is 0 Å². The molecule has 0 spiro atoms. The molecule has 0 aromatic heterocycles. The first kappa shape index (κ1) is 18.9. The van der Waals surface area contributed by atoms with Crippen molar-refractivity contribution in [3.8, 4) is 0 Å². The van der Waals surface area contributed by atoms with E-state index in [2.05, 4.69) is 0 Å². The van der Waals surface area contributed by atoms with Crippen LogP contribution in [0.2, 0.25) is 0 Å². The molecule has 1 aliphatic heterocycles. The van der Waals surface area contributed by atoms with E-state index in [-0.39, 0.29) is 23.5 Å². The number of carbonyl (C=O) groups is 3. The quantitative estimate of drug-likeness (QED) is 0.406. The Morgan fingerprint density at radius 3 is 2.05 bits per heavy atom. The lowest BCUT2D eigenvalue weighted by Gasteiger charge is -2.14. The van der Waals surface area contributed by atoms with Crippen LogP contribution in [0, 0.1) is 5.92 Å². The molecule has 0 aromatic carbocycles. The van der Waals surface area contributed by atoms with Crippen molar-refractivity contribution in [2.24, 2.45) is 5.92 Å². The number of hydrogen-bond donors (Lipinski definition) is 0. The van der Waals surface area contributed by atoms with Crippen molar-refractivity contribution >= 4 is 17.6 Å². The van der Waals surface area contributed by atoms with Gasteiger partial charge in [-0.3, -0.25) is 14.5 Å². The Labute approximate surface area is 134 Å². The van der Waals surface area contributed by atoms with Gasteiger partial charge in [0.15, 0.2) is 0 Å². The van der Waals surface area contributed by atoms with Crippen molar-refractivity contribution in [1.29, 1.82) is 0 Å². The number of rotatable bonds is 12. The van der Waals surface area contributed by atoms with Crippen LogP contribution in [0.1, 0.15) is 84.5 Å². The molecule has 1 saturated heterocycles. The molecule has 0 aromatic rings. The average molecular weight is 309 g/mol. The molecule has 0 saturated carbocycles. The third kappa shape index (κ3) is 6.71. The zero-order chi connectivity index (χ0) is 16.4. The average Bonchev–Trinajstić information content (AvgIpc) is 2.75. The summed E-state index contributed by atoms with van der Waals surface area (Å²) >= 11 is 0. The molecule has 0 bridgehead atoms. The van der Waals surface area contributed by atoms with Crippen molar-refractivity contribution < 1.29 is 14.4 Å². The molecular weight excluding hydrogens is 278 g/mol. The van der Waals surface area contributed by atoms with Gasteiger partial charge >= 0.3 is 0 Å². The Kier molecular flexibility index (Phi) is 9.02. The SMILES string of the molecule is CCC1CC(=O)N(CCCCCCCCCCC(C)=O)C1=O. The molecule has 1 atom stereocenters. The maximum absolute atomic E-state index is 11.9. The number of likely N-dealkylation sites (tertiary alicyclic amines) is 1. The van der Waals surface area contributed by atoms with Crippen LogP contribution >= 0.6 is 0 Å². The van der Waals surface area contributed by atoms with E-state index in [9.17, 15) is 14.4 Å². The molecule has 1 aliphatic rings. The first-order valence-corrected chi connectivity index (χ1v) is 8.90. The first-order chi connectivity index (χ1) is 10.6. The molecule has 1 heterocycles. The minimum absolute atomic E-state index is 0.0160. The summed E-state index contributed by atoms with van der Waals surface area (Å²) in [7, 11) is 0. The van der Waals surface area contributed by atoms with Crippen LogP contribution < -0.4 is 0 Å². The number of imide groups is 1. The van der Waals surface area contributed by atoms with Gasteiger partial charge in [-0.05, 0) is 26.2 Å². The van der Waals surface area contributed by atoms with Crippen molar-refractivity contribution in [3.63, 3.8) is 0 Å². The fourth-order valence-corrected chi connectivity index (χ4v) is 3.01. The van der Waals surface area contributed by atoms with Crippen molar-refractivity contribution in [3.05, 3.63) is 0 Å². The number of carbonyl (C=O) groups excluding carboxylic acids is 3. The van der Waals surface area contributed by atoms with Crippen LogP contribution in [0.15, 0.2) is 0 Å². The van der Waals surface area contributed by atoms with Gasteiger partial charge in [0.25, 0.3) is 0 Å². The highest BCUT2D eigenvalue weighted by Crippen LogP contribution is 2.22. The van der Waals surface area contributed by atoms with E-state index in [0.717, 1.165) is 38.5 Å². The standard InChI is InChI=1S/C18H31NO3/c1-3-16-14-17(21)19(18(16)22)13-11-9-7-5-4-6-8-10-12-15(2)20/h16H,3-14H2,1-2H3. The van der Waals surface area contributed by atoms with Crippen LogP contribution in [0.3, 0.4) is 0 Å². The lowest BCUT2D eigenvalue weighted by Crippen LogP contribution is -2.31. The van der Waals surface area contributed by atoms with Crippen LogP contribution in [-0.2, 0) is 14.4 Å². The number of nitrogens with zero attached hydrogens (tertiary/aromatic N) is 1. The Morgan fingerprint density at radius 1 is 1.00 bits per heavy atom. The van der Waals surface area contributed by atoms with Gasteiger partial charge in [0.1, 0.15) is 5.78 Å². The number of hydrogen-bond acceptors (Lipinski definition) is 3. The molecule has 4 nitrogen and oxygen atoms in total. The molecule has 4 heteroatoms. The van der Waals surface area contributed by atoms with Gasteiger partial charge in [-0.15, -0.1) is 0 Å². The summed E-state index contributed by atoms with van der Waals surface area (Å²) in [5.74, 6) is 0.277. The Hall–Kier alpha value is -1.19. The van der Waals surface area contributed by atoms with Gasteiger partial charge in [0.2, 0.25) is 11.8 Å². The monoisotopic (exact) mass is 309 g/mol. The van der Waals surface area contributed by atoms with E-state index >= 15 is 0 Å². The van der Waals surface area contributed by atoms with Gasteiger partial charge in [0.05, 0.1) is 0 Å². The predicted octanol–water partition coefficient (Wildman–Crippen LogP) is 3.87. The lowest BCUT2D eigenvalue weighted by molar-refractivity contribution is -0.139. The fraction of sp³-hybridized carbons (Fsp3) is 0.833. The number of unbranched alkanes of at least 4 members (excludes halogenated alkanes) is 7. The first-order valence-electron chi connectivity index (χ1n) is 8.90. The highest BCUT2D eigenvalue weighted by atomic mass is 16.2. The lowest BCUT2D eigenvalue weighted by atomic mass is 10.1. The minimum atomic E-state index is -0.0671. The van der Waals surface area contributed by atoms with Crippen molar-refractivity contribution in [1.82, 2.24) is 4.90 Å². The second-order valence-electron chi connectivity index (χ2n) is 6.47. The topological polar surface area (TPSA) is 54.5 Å². The molecule has 126 valence electrons. The van der Waals surface area contributed by atoms with Gasteiger partial charge < -0.3 is 4.79 Å². The largest absolute Gasteiger partial charge is 0.300 e. The smallest absolute Gasteiger partial charge is 0.232 e. The zero-order valence-corrected chi connectivity index (χ0v) is 14.2.